The van der Waals surface area contributed by atoms with Gasteiger partial charge in [-0.3, -0.25) is 10.3 Å². The molecule has 202 valence electrons. The Kier molecular flexibility index (Phi) is 9.58. The predicted octanol–water partition coefficient (Wildman–Crippen LogP) is 3.46. The number of aromatic nitrogens is 2. The summed E-state index contributed by atoms with van der Waals surface area (Å²) in [5.41, 5.74) is 4.15. The number of rotatable bonds is 11. The van der Waals surface area contributed by atoms with Gasteiger partial charge in [-0.1, -0.05) is 25.4 Å². The molecule has 0 saturated carbocycles. The standard InChI is InChI=1S/C25H35ClN6O4S/c1-3-8-32(9-4-2)24-18-23(27-25(28-24)36-15-12-31-10-13-35-14-11-31)30-29-21-7-16-37(33,34)22-6-5-19(26)17-20(21)22/h5-6,17-18H,3-4,7-16H2,1-2H3,(H,27,28,30)/b29-21+. The average molecular weight is 551 g/mol. The Morgan fingerprint density at radius 1 is 1.16 bits per heavy atom. The number of morpholine rings is 1. The number of nitrogens with one attached hydrogen (secondary N) is 1. The molecule has 0 radical (unpaired) electrons. The van der Waals surface area contributed by atoms with Crippen molar-refractivity contribution in [1.82, 2.24) is 14.9 Å². The van der Waals surface area contributed by atoms with Crippen molar-refractivity contribution in [3.8, 4) is 6.01 Å². The summed E-state index contributed by atoms with van der Waals surface area (Å²) in [6.07, 6.45) is 2.24. The number of hydrogen-bond acceptors (Lipinski definition) is 10. The fourth-order valence-electron chi connectivity index (χ4n) is 4.38. The normalized spacial score (nSPS) is 18.4. The predicted molar refractivity (Wildman–Crippen MR) is 146 cm³/mol. The van der Waals surface area contributed by atoms with E-state index in [4.69, 9.17) is 21.1 Å². The van der Waals surface area contributed by atoms with Gasteiger partial charge in [0.1, 0.15) is 12.4 Å². The molecule has 0 aliphatic carbocycles. The molecule has 0 amide bonds. The Bertz CT molecular complexity index is 1200. The van der Waals surface area contributed by atoms with Crippen molar-refractivity contribution in [2.45, 2.75) is 38.0 Å². The van der Waals surface area contributed by atoms with Crippen LogP contribution in [0.3, 0.4) is 0 Å². The molecule has 2 aromatic rings. The second kappa shape index (κ2) is 12.9. The zero-order valence-corrected chi connectivity index (χ0v) is 23.0. The molecular weight excluding hydrogens is 516 g/mol. The molecule has 2 aliphatic rings. The number of anilines is 2. The van der Waals surface area contributed by atoms with Gasteiger partial charge in [0, 0.05) is 55.8 Å². The van der Waals surface area contributed by atoms with Gasteiger partial charge in [0.05, 0.1) is 29.6 Å². The molecule has 1 saturated heterocycles. The van der Waals surface area contributed by atoms with E-state index in [0.29, 0.717) is 28.7 Å². The summed E-state index contributed by atoms with van der Waals surface area (Å²) in [6, 6.07) is 6.90. The summed E-state index contributed by atoms with van der Waals surface area (Å²) in [4.78, 5) is 14.0. The van der Waals surface area contributed by atoms with E-state index in [9.17, 15) is 8.42 Å². The Labute approximate surface area is 223 Å². The smallest absolute Gasteiger partial charge is 0.320 e. The Hall–Kier alpha value is -2.47. The van der Waals surface area contributed by atoms with Crippen LogP contribution in [0.2, 0.25) is 5.02 Å². The van der Waals surface area contributed by atoms with Crippen LogP contribution in [0, 0.1) is 0 Å². The van der Waals surface area contributed by atoms with Crippen molar-refractivity contribution < 1.29 is 17.9 Å². The Morgan fingerprint density at radius 2 is 1.92 bits per heavy atom. The third-order valence-electron chi connectivity index (χ3n) is 6.25. The molecule has 1 aromatic carbocycles. The topological polar surface area (TPSA) is 109 Å². The Balaban J connectivity index is 1.57. The fourth-order valence-corrected chi connectivity index (χ4v) is 6.02. The summed E-state index contributed by atoms with van der Waals surface area (Å²) in [7, 11) is -3.36. The highest BCUT2D eigenvalue weighted by Crippen LogP contribution is 2.28. The maximum atomic E-state index is 12.5. The highest BCUT2D eigenvalue weighted by molar-refractivity contribution is 7.91. The number of hydrogen-bond donors (Lipinski definition) is 1. The first-order valence-corrected chi connectivity index (χ1v) is 14.8. The van der Waals surface area contributed by atoms with Crippen molar-refractivity contribution in [2.75, 3.05) is 68.6 Å². The van der Waals surface area contributed by atoms with E-state index in [0.717, 1.165) is 64.6 Å². The minimum atomic E-state index is -3.36. The molecule has 10 nitrogen and oxygen atoms in total. The molecule has 1 fully saturated rings. The molecule has 4 rings (SSSR count). The van der Waals surface area contributed by atoms with Crippen molar-refractivity contribution in [3.63, 3.8) is 0 Å². The zero-order valence-electron chi connectivity index (χ0n) is 21.4. The van der Waals surface area contributed by atoms with Gasteiger partial charge in [0.25, 0.3) is 0 Å². The van der Waals surface area contributed by atoms with E-state index in [2.05, 4.69) is 44.1 Å². The summed E-state index contributed by atoms with van der Waals surface area (Å²) in [5, 5.41) is 5.00. The molecule has 1 aromatic heterocycles. The van der Waals surface area contributed by atoms with Crippen LogP contribution in [-0.4, -0.2) is 87.3 Å². The van der Waals surface area contributed by atoms with Crippen LogP contribution in [0.5, 0.6) is 6.01 Å². The summed E-state index contributed by atoms with van der Waals surface area (Å²) >= 11 is 6.17. The van der Waals surface area contributed by atoms with Gasteiger partial charge in [-0.2, -0.15) is 15.1 Å². The molecule has 37 heavy (non-hydrogen) atoms. The minimum Gasteiger partial charge on any atom is -0.462 e. The first-order chi connectivity index (χ1) is 17.9. The fraction of sp³-hybridized carbons (Fsp3) is 0.560. The lowest BCUT2D eigenvalue weighted by atomic mass is 10.1. The van der Waals surface area contributed by atoms with Gasteiger partial charge in [0.2, 0.25) is 0 Å². The molecule has 0 spiro atoms. The monoisotopic (exact) mass is 550 g/mol. The highest BCUT2D eigenvalue weighted by atomic mass is 35.5. The number of hydrazone groups is 1. The van der Waals surface area contributed by atoms with E-state index < -0.39 is 9.84 Å². The second-order valence-corrected chi connectivity index (χ2v) is 11.6. The molecule has 2 aliphatic heterocycles. The van der Waals surface area contributed by atoms with Crippen molar-refractivity contribution in [3.05, 3.63) is 34.9 Å². The van der Waals surface area contributed by atoms with Crippen LogP contribution < -0.4 is 15.1 Å². The maximum Gasteiger partial charge on any atom is 0.320 e. The molecule has 1 N–H and O–H groups in total. The van der Waals surface area contributed by atoms with Crippen LogP contribution in [0.1, 0.15) is 38.7 Å². The number of nitrogens with zero attached hydrogens (tertiary/aromatic N) is 5. The molecule has 0 bridgehead atoms. The number of benzene rings is 1. The number of halogens is 1. The maximum absolute atomic E-state index is 12.5. The first kappa shape index (κ1) is 27.6. The number of fused-ring (bicyclic) bond motifs is 1. The quantitative estimate of drug-likeness (QED) is 0.420. The van der Waals surface area contributed by atoms with Gasteiger partial charge in [0.15, 0.2) is 15.7 Å². The summed E-state index contributed by atoms with van der Waals surface area (Å²) < 4.78 is 36.5. The van der Waals surface area contributed by atoms with E-state index in [1.165, 1.54) is 6.07 Å². The summed E-state index contributed by atoms with van der Waals surface area (Å²) in [5.74, 6) is 1.24. The van der Waals surface area contributed by atoms with E-state index in [1.807, 2.05) is 6.07 Å². The zero-order chi connectivity index (χ0) is 26.3. The first-order valence-electron chi connectivity index (χ1n) is 12.8. The second-order valence-electron chi connectivity index (χ2n) is 9.06. The van der Waals surface area contributed by atoms with Crippen LogP contribution >= 0.6 is 11.6 Å². The lowest BCUT2D eigenvalue weighted by Gasteiger charge is -2.26. The largest absolute Gasteiger partial charge is 0.462 e. The third kappa shape index (κ3) is 7.31. The van der Waals surface area contributed by atoms with Crippen molar-refractivity contribution in [1.29, 1.82) is 0 Å². The SMILES string of the molecule is CCCN(CCC)c1cc(N/N=C2\CCS(=O)(=O)c3ccc(Cl)cc32)nc(OCCN2CCOCC2)n1. The van der Waals surface area contributed by atoms with Gasteiger partial charge in [-0.05, 0) is 31.0 Å². The molecule has 12 heteroatoms. The lowest BCUT2D eigenvalue weighted by molar-refractivity contribution is 0.0317. The van der Waals surface area contributed by atoms with E-state index in [1.54, 1.807) is 12.1 Å². The molecular formula is C25H35ClN6O4S. The number of sulfone groups is 1. The van der Waals surface area contributed by atoms with Gasteiger partial charge in [-0.25, -0.2) is 8.42 Å². The lowest BCUT2D eigenvalue weighted by Crippen LogP contribution is -2.38. The van der Waals surface area contributed by atoms with Crippen molar-refractivity contribution >= 4 is 38.8 Å². The van der Waals surface area contributed by atoms with Crippen LogP contribution in [0.15, 0.2) is 34.3 Å². The average Bonchev–Trinajstić information content (AvgIpc) is 2.88. The highest BCUT2D eigenvalue weighted by Gasteiger charge is 2.28. The number of ether oxygens (including phenoxy) is 2. The minimum absolute atomic E-state index is 0.00610. The third-order valence-corrected chi connectivity index (χ3v) is 8.25. The van der Waals surface area contributed by atoms with Gasteiger partial charge < -0.3 is 14.4 Å². The van der Waals surface area contributed by atoms with Crippen LogP contribution in [0.4, 0.5) is 11.6 Å². The Morgan fingerprint density at radius 3 is 2.65 bits per heavy atom. The molecule has 0 atom stereocenters. The van der Waals surface area contributed by atoms with Crippen molar-refractivity contribution in [2.24, 2.45) is 5.10 Å². The van der Waals surface area contributed by atoms with E-state index in [-0.39, 0.29) is 23.1 Å². The van der Waals surface area contributed by atoms with Gasteiger partial charge >= 0.3 is 6.01 Å². The summed E-state index contributed by atoms with van der Waals surface area (Å²) in [6.45, 7) is 10.4. The molecule has 3 heterocycles. The van der Waals surface area contributed by atoms with E-state index >= 15 is 0 Å². The molecule has 0 unspecified atom stereocenters. The van der Waals surface area contributed by atoms with Gasteiger partial charge in [-0.15, -0.1) is 0 Å². The van der Waals surface area contributed by atoms with Crippen LogP contribution in [-0.2, 0) is 14.6 Å². The van der Waals surface area contributed by atoms with Crippen LogP contribution in [0.25, 0.3) is 0 Å².